The van der Waals surface area contributed by atoms with Gasteiger partial charge < -0.3 is 15.4 Å². The number of amides is 1. The molecule has 1 unspecified atom stereocenters. The van der Waals surface area contributed by atoms with Crippen LogP contribution in [-0.2, 0) is 9.53 Å². The Morgan fingerprint density at radius 2 is 2.29 bits per heavy atom. The van der Waals surface area contributed by atoms with E-state index in [1.54, 1.807) is 14.0 Å². The summed E-state index contributed by atoms with van der Waals surface area (Å²) in [6.45, 7) is 3.54. The van der Waals surface area contributed by atoms with Crippen molar-refractivity contribution in [1.29, 1.82) is 0 Å². The van der Waals surface area contributed by atoms with Gasteiger partial charge >= 0.3 is 0 Å². The Balaban J connectivity index is 3.50. The summed E-state index contributed by atoms with van der Waals surface area (Å²) in [5.74, 6) is 2.47. The maximum absolute atomic E-state index is 11.3. The lowest BCUT2D eigenvalue weighted by atomic mass is 10.3. The number of terminal acetylenes is 1. The van der Waals surface area contributed by atoms with E-state index in [9.17, 15) is 4.79 Å². The maximum atomic E-state index is 11.3. The summed E-state index contributed by atoms with van der Waals surface area (Å²) in [6.07, 6.45) is 5.72. The molecule has 1 atom stereocenters. The van der Waals surface area contributed by atoms with Crippen molar-refractivity contribution in [3.05, 3.63) is 0 Å². The average Bonchev–Trinajstić information content (AvgIpc) is 2.18. The summed E-state index contributed by atoms with van der Waals surface area (Å²) in [5.41, 5.74) is 0. The van der Waals surface area contributed by atoms with Crippen molar-refractivity contribution in [3.8, 4) is 12.3 Å². The van der Waals surface area contributed by atoms with Crippen LogP contribution in [-0.4, -0.2) is 38.8 Å². The molecule has 0 aromatic carbocycles. The summed E-state index contributed by atoms with van der Waals surface area (Å²) in [7, 11) is 1.60. The molecule has 0 rings (SSSR count). The Morgan fingerprint density at radius 1 is 1.57 bits per heavy atom. The summed E-state index contributed by atoms with van der Waals surface area (Å²) in [5, 5.41) is 5.75. The smallest absolute Gasteiger partial charge is 0.236 e. The Bertz CT molecular complexity index is 199. The first kappa shape index (κ1) is 12.9. The van der Waals surface area contributed by atoms with E-state index in [0.717, 1.165) is 0 Å². The van der Waals surface area contributed by atoms with E-state index in [1.807, 2.05) is 0 Å². The summed E-state index contributed by atoms with van der Waals surface area (Å²) in [6, 6.07) is -0.208. The minimum absolute atomic E-state index is 0.0286. The number of hydrogen-bond donors (Lipinski definition) is 2. The minimum atomic E-state index is -0.208. The van der Waals surface area contributed by atoms with Crippen LogP contribution in [0.15, 0.2) is 0 Å². The molecule has 1 amide bonds. The highest BCUT2D eigenvalue weighted by molar-refractivity contribution is 5.81. The second-order valence-corrected chi connectivity index (χ2v) is 2.91. The molecule has 0 aliphatic heterocycles. The van der Waals surface area contributed by atoms with Crippen LogP contribution in [0.2, 0.25) is 0 Å². The van der Waals surface area contributed by atoms with Crippen LogP contribution in [0.5, 0.6) is 0 Å². The molecule has 0 heterocycles. The Morgan fingerprint density at radius 3 is 2.86 bits per heavy atom. The maximum Gasteiger partial charge on any atom is 0.236 e. The van der Waals surface area contributed by atoms with Crippen molar-refractivity contribution < 1.29 is 9.53 Å². The molecule has 0 aliphatic carbocycles. The second kappa shape index (κ2) is 8.54. The Hall–Kier alpha value is -1.05. The van der Waals surface area contributed by atoms with E-state index < -0.39 is 0 Å². The number of carbonyl (C=O) groups excluding carboxylic acids is 1. The average molecular weight is 198 g/mol. The van der Waals surface area contributed by atoms with Gasteiger partial charge in [0.25, 0.3) is 0 Å². The van der Waals surface area contributed by atoms with Gasteiger partial charge in [-0.05, 0) is 6.92 Å². The van der Waals surface area contributed by atoms with Crippen molar-refractivity contribution in [2.24, 2.45) is 0 Å². The summed E-state index contributed by atoms with van der Waals surface area (Å²) < 4.78 is 4.81. The number of ether oxygens (including phenoxy) is 1. The van der Waals surface area contributed by atoms with E-state index in [0.29, 0.717) is 26.1 Å². The van der Waals surface area contributed by atoms with E-state index >= 15 is 0 Å². The van der Waals surface area contributed by atoms with Crippen LogP contribution >= 0.6 is 0 Å². The third kappa shape index (κ3) is 6.46. The molecule has 0 aromatic heterocycles. The van der Waals surface area contributed by atoms with Gasteiger partial charge in [0, 0.05) is 26.6 Å². The summed E-state index contributed by atoms with van der Waals surface area (Å²) >= 11 is 0. The van der Waals surface area contributed by atoms with Crippen molar-refractivity contribution in [2.75, 3.05) is 26.8 Å². The molecular formula is C10H18N2O2. The molecule has 4 heteroatoms. The van der Waals surface area contributed by atoms with Crippen molar-refractivity contribution in [3.63, 3.8) is 0 Å². The topological polar surface area (TPSA) is 50.4 Å². The van der Waals surface area contributed by atoms with Crippen molar-refractivity contribution in [1.82, 2.24) is 10.6 Å². The molecule has 0 aromatic rings. The van der Waals surface area contributed by atoms with Crippen molar-refractivity contribution >= 4 is 5.91 Å². The lowest BCUT2D eigenvalue weighted by molar-refractivity contribution is -0.122. The molecule has 14 heavy (non-hydrogen) atoms. The van der Waals surface area contributed by atoms with Gasteiger partial charge in [-0.15, -0.1) is 12.3 Å². The molecule has 0 fully saturated rings. The number of nitrogens with one attached hydrogen (secondary N) is 2. The fourth-order valence-electron chi connectivity index (χ4n) is 0.883. The normalized spacial score (nSPS) is 11.8. The minimum Gasteiger partial charge on any atom is -0.383 e. The lowest BCUT2D eigenvalue weighted by Crippen LogP contribution is -2.43. The first-order valence-electron chi connectivity index (χ1n) is 4.66. The Labute approximate surface area is 85.4 Å². The van der Waals surface area contributed by atoms with Crippen LogP contribution in [0.25, 0.3) is 0 Å². The van der Waals surface area contributed by atoms with Crippen LogP contribution in [0.3, 0.4) is 0 Å². The number of hydrogen-bond acceptors (Lipinski definition) is 3. The van der Waals surface area contributed by atoms with Crippen LogP contribution in [0.1, 0.15) is 13.3 Å². The number of carbonyl (C=O) groups is 1. The molecule has 0 saturated heterocycles. The fourth-order valence-corrected chi connectivity index (χ4v) is 0.883. The zero-order valence-electron chi connectivity index (χ0n) is 8.80. The zero-order chi connectivity index (χ0) is 10.8. The Kier molecular flexibility index (Phi) is 7.90. The van der Waals surface area contributed by atoms with Gasteiger partial charge in [0.2, 0.25) is 5.91 Å². The standard InChI is InChI=1S/C10H18N2O2/c1-4-5-6-11-9(2)10(13)12-7-8-14-3/h1,9,11H,5-8H2,2-3H3,(H,12,13). The molecule has 80 valence electrons. The van der Waals surface area contributed by atoms with Gasteiger partial charge in [-0.3, -0.25) is 4.79 Å². The van der Waals surface area contributed by atoms with Crippen LogP contribution in [0, 0.1) is 12.3 Å². The third-order valence-electron chi connectivity index (χ3n) is 1.72. The zero-order valence-corrected chi connectivity index (χ0v) is 8.80. The first-order chi connectivity index (χ1) is 6.72. The molecule has 0 aliphatic rings. The monoisotopic (exact) mass is 198 g/mol. The predicted molar refractivity (Wildman–Crippen MR) is 55.8 cm³/mol. The largest absolute Gasteiger partial charge is 0.383 e. The molecule has 0 bridgehead atoms. The third-order valence-corrected chi connectivity index (χ3v) is 1.72. The van der Waals surface area contributed by atoms with Gasteiger partial charge in [-0.25, -0.2) is 0 Å². The number of methoxy groups -OCH3 is 1. The van der Waals surface area contributed by atoms with Gasteiger partial charge in [-0.2, -0.15) is 0 Å². The number of rotatable bonds is 7. The highest BCUT2D eigenvalue weighted by atomic mass is 16.5. The predicted octanol–water partition coefficient (Wildman–Crippen LogP) is -0.250. The summed E-state index contributed by atoms with van der Waals surface area (Å²) in [4.78, 5) is 11.3. The lowest BCUT2D eigenvalue weighted by Gasteiger charge is -2.12. The molecule has 0 spiro atoms. The van der Waals surface area contributed by atoms with Crippen molar-refractivity contribution in [2.45, 2.75) is 19.4 Å². The molecule has 2 N–H and O–H groups in total. The van der Waals surface area contributed by atoms with E-state index in [4.69, 9.17) is 11.2 Å². The van der Waals surface area contributed by atoms with Gasteiger partial charge in [-0.1, -0.05) is 0 Å². The first-order valence-corrected chi connectivity index (χ1v) is 4.66. The van der Waals surface area contributed by atoms with E-state index in [-0.39, 0.29) is 11.9 Å². The fraction of sp³-hybridized carbons (Fsp3) is 0.700. The molecule has 0 radical (unpaired) electrons. The highest BCUT2D eigenvalue weighted by Crippen LogP contribution is 1.82. The molecule has 0 saturated carbocycles. The van der Waals surface area contributed by atoms with E-state index in [2.05, 4.69) is 16.6 Å². The van der Waals surface area contributed by atoms with Gasteiger partial charge in [0.1, 0.15) is 0 Å². The second-order valence-electron chi connectivity index (χ2n) is 2.91. The van der Waals surface area contributed by atoms with Gasteiger partial charge in [0.05, 0.1) is 12.6 Å². The quantitative estimate of drug-likeness (QED) is 0.438. The van der Waals surface area contributed by atoms with Crippen LogP contribution < -0.4 is 10.6 Å². The van der Waals surface area contributed by atoms with E-state index in [1.165, 1.54) is 0 Å². The molecular weight excluding hydrogens is 180 g/mol. The SMILES string of the molecule is C#CCCNC(C)C(=O)NCCOC. The highest BCUT2D eigenvalue weighted by Gasteiger charge is 2.09. The van der Waals surface area contributed by atoms with Gasteiger partial charge in [0.15, 0.2) is 0 Å². The molecule has 4 nitrogen and oxygen atoms in total. The van der Waals surface area contributed by atoms with Crippen LogP contribution in [0.4, 0.5) is 0 Å².